The summed E-state index contributed by atoms with van der Waals surface area (Å²) in [5, 5.41) is 12.5. The van der Waals surface area contributed by atoms with Crippen molar-refractivity contribution in [3.8, 4) is 11.1 Å². The number of anilines is 1. The van der Waals surface area contributed by atoms with Gasteiger partial charge in [-0.25, -0.2) is 4.98 Å². The lowest BCUT2D eigenvalue weighted by atomic mass is 9.95. The molecule has 1 amide bonds. The van der Waals surface area contributed by atoms with E-state index in [1.165, 1.54) is 6.92 Å². The molecule has 1 aromatic carbocycles. The molecule has 0 aliphatic carbocycles. The Morgan fingerprint density at radius 2 is 1.96 bits per heavy atom. The van der Waals surface area contributed by atoms with Crippen LogP contribution in [-0.2, 0) is 9.59 Å². The minimum atomic E-state index is -1.04. The number of halogens is 2. The Hall–Kier alpha value is -2.31. The summed E-state index contributed by atoms with van der Waals surface area (Å²) in [5.74, 6) is -0.622. The maximum atomic E-state index is 12.2. The Labute approximate surface area is 173 Å². The number of carboxylic acid groups (broad SMARTS) is 1. The molecule has 28 heavy (non-hydrogen) atoms. The van der Waals surface area contributed by atoms with Crippen LogP contribution in [0.3, 0.4) is 0 Å². The van der Waals surface area contributed by atoms with Gasteiger partial charge in [0.05, 0.1) is 10.0 Å². The molecule has 0 spiro atoms. The van der Waals surface area contributed by atoms with Gasteiger partial charge in [0.2, 0.25) is 5.91 Å². The van der Waals surface area contributed by atoms with Crippen LogP contribution < -0.4 is 10.2 Å². The van der Waals surface area contributed by atoms with E-state index in [1.54, 1.807) is 12.3 Å². The van der Waals surface area contributed by atoms with Crippen molar-refractivity contribution in [1.29, 1.82) is 0 Å². The van der Waals surface area contributed by atoms with E-state index in [2.05, 4.69) is 15.2 Å². The minimum absolute atomic E-state index is 0.191. The summed E-state index contributed by atoms with van der Waals surface area (Å²) < 4.78 is 0. The van der Waals surface area contributed by atoms with Gasteiger partial charge in [0.1, 0.15) is 11.9 Å². The van der Waals surface area contributed by atoms with Gasteiger partial charge >= 0.3 is 5.97 Å². The number of nitrogens with zero attached hydrogens (tertiary/aromatic N) is 2. The van der Waals surface area contributed by atoms with Crippen LogP contribution in [0.4, 0.5) is 5.82 Å². The first-order valence-corrected chi connectivity index (χ1v) is 9.81. The highest BCUT2D eigenvalue weighted by Crippen LogP contribution is 2.34. The smallest absolute Gasteiger partial charge is 0.325 e. The first kappa shape index (κ1) is 20.4. The van der Waals surface area contributed by atoms with Gasteiger partial charge in [-0.3, -0.25) is 9.59 Å². The number of carbonyl (C=O) groups is 2. The van der Waals surface area contributed by atoms with Crippen LogP contribution in [0.1, 0.15) is 19.8 Å². The number of benzene rings is 1. The third-order valence-corrected chi connectivity index (χ3v) is 5.75. The fraction of sp³-hybridized carbons (Fsp3) is 0.350. The number of pyridine rings is 1. The van der Waals surface area contributed by atoms with E-state index >= 15 is 0 Å². The predicted octanol–water partition coefficient (Wildman–Crippen LogP) is 3.86. The number of rotatable bonds is 5. The number of nitrogens with one attached hydrogen (secondary N) is 1. The predicted molar refractivity (Wildman–Crippen MR) is 110 cm³/mol. The van der Waals surface area contributed by atoms with Crippen molar-refractivity contribution in [3.05, 3.63) is 46.6 Å². The number of aromatic nitrogens is 1. The Bertz CT molecular complexity index is 883. The molecule has 1 fully saturated rings. The van der Waals surface area contributed by atoms with Gasteiger partial charge in [0, 0.05) is 30.8 Å². The fourth-order valence-electron chi connectivity index (χ4n) is 3.25. The molecule has 1 saturated heterocycles. The zero-order valence-corrected chi connectivity index (χ0v) is 16.9. The van der Waals surface area contributed by atoms with Crippen molar-refractivity contribution in [2.75, 3.05) is 18.0 Å². The van der Waals surface area contributed by atoms with E-state index in [4.69, 9.17) is 28.3 Å². The zero-order chi connectivity index (χ0) is 20.3. The molecule has 2 N–H and O–H groups in total. The Morgan fingerprint density at radius 3 is 2.64 bits per heavy atom. The monoisotopic (exact) mass is 421 g/mol. The van der Waals surface area contributed by atoms with Gasteiger partial charge in [0.25, 0.3) is 0 Å². The van der Waals surface area contributed by atoms with Crippen molar-refractivity contribution in [1.82, 2.24) is 10.3 Å². The molecular formula is C20H21Cl2N3O3. The summed E-state index contributed by atoms with van der Waals surface area (Å²) >= 11 is 12.5. The molecule has 0 unspecified atom stereocenters. The fourth-order valence-corrected chi connectivity index (χ4v) is 3.66. The molecule has 0 saturated carbocycles. The molecule has 8 heteroatoms. The molecule has 2 heterocycles. The van der Waals surface area contributed by atoms with Crippen LogP contribution >= 0.6 is 23.2 Å². The molecular weight excluding hydrogens is 401 g/mol. The number of aliphatic carboxylic acids is 1. The molecule has 148 valence electrons. The molecule has 2 aromatic rings. The van der Waals surface area contributed by atoms with E-state index < -0.39 is 12.0 Å². The minimum Gasteiger partial charge on any atom is -0.480 e. The summed E-state index contributed by atoms with van der Waals surface area (Å²) in [6.45, 7) is 2.80. The van der Waals surface area contributed by atoms with E-state index in [0.717, 1.165) is 16.9 Å². The van der Waals surface area contributed by atoms with Crippen LogP contribution in [0.5, 0.6) is 0 Å². The summed E-state index contributed by atoms with van der Waals surface area (Å²) in [6.07, 6.45) is 3.01. The average molecular weight is 422 g/mol. The number of piperidine rings is 1. The molecule has 6 nitrogen and oxygen atoms in total. The highest BCUT2D eigenvalue weighted by atomic mass is 35.5. The van der Waals surface area contributed by atoms with E-state index in [9.17, 15) is 9.59 Å². The van der Waals surface area contributed by atoms with E-state index in [-0.39, 0.29) is 11.8 Å². The number of hydrogen-bond acceptors (Lipinski definition) is 4. The van der Waals surface area contributed by atoms with E-state index in [0.29, 0.717) is 36.0 Å². The van der Waals surface area contributed by atoms with Crippen molar-refractivity contribution >= 4 is 40.9 Å². The Balaban J connectivity index is 1.67. The first-order chi connectivity index (χ1) is 13.4. The topological polar surface area (TPSA) is 82.5 Å². The quantitative estimate of drug-likeness (QED) is 0.765. The standard InChI is InChI=1S/C20H21Cl2N3O3/c1-12(20(27)28)24-19(26)13-6-9-25(10-7-13)17-11-14(5-8-23-17)15-3-2-4-16(21)18(15)22/h2-5,8,11-13H,6-7,9-10H2,1H3,(H,24,26)(H,27,28)/t12-/m0/s1. The van der Waals surface area contributed by atoms with E-state index in [1.807, 2.05) is 24.3 Å². The maximum absolute atomic E-state index is 12.2. The Kier molecular flexibility index (Phi) is 6.42. The number of carboxylic acids is 1. The number of carbonyl (C=O) groups excluding carboxylic acids is 1. The second-order valence-corrected chi connectivity index (χ2v) is 7.62. The second kappa shape index (κ2) is 8.80. The third kappa shape index (κ3) is 4.56. The van der Waals surface area contributed by atoms with Gasteiger partial charge < -0.3 is 15.3 Å². The average Bonchev–Trinajstić information content (AvgIpc) is 2.70. The van der Waals surface area contributed by atoms with Crippen LogP contribution in [0.2, 0.25) is 10.0 Å². The molecule has 0 bridgehead atoms. The third-order valence-electron chi connectivity index (χ3n) is 4.93. The summed E-state index contributed by atoms with van der Waals surface area (Å²) in [6, 6.07) is 8.47. The molecule has 0 radical (unpaired) electrons. The Morgan fingerprint density at radius 1 is 1.25 bits per heavy atom. The van der Waals surface area contributed by atoms with Crippen LogP contribution in [0, 0.1) is 5.92 Å². The highest BCUT2D eigenvalue weighted by molar-refractivity contribution is 6.43. The van der Waals surface area contributed by atoms with Gasteiger partial charge in [-0.15, -0.1) is 0 Å². The van der Waals surface area contributed by atoms with Gasteiger partial charge in [-0.05, 0) is 43.5 Å². The summed E-state index contributed by atoms with van der Waals surface area (Å²) in [4.78, 5) is 29.7. The molecule has 1 atom stereocenters. The van der Waals surface area contributed by atoms with Crippen molar-refractivity contribution in [2.24, 2.45) is 5.92 Å². The largest absolute Gasteiger partial charge is 0.480 e. The van der Waals surface area contributed by atoms with Crippen LogP contribution in [-0.4, -0.2) is 41.1 Å². The summed E-state index contributed by atoms with van der Waals surface area (Å²) in [7, 11) is 0. The second-order valence-electron chi connectivity index (χ2n) is 6.83. The zero-order valence-electron chi connectivity index (χ0n) is 15.4. The summed E-state index contributed by atoms with van der Waals surface area (Å²) in [5.41, 5.74) is 1.77. The number of hydrogen-bond donors (Lipinski definition) is 2. The molecule has 3 rings (SSSR count). The van der Waals surface area contributed by atoms with Crippen molar-refractivity contribution in [2.45, 2.75) is 25.8 Å². The lowest BCUT2D eigenvalue weighted by molar-refractivity contribution is -0.142. The van der Waals surface area contributed by atoms with Crippen LogP contribution in [0.15, 0.2) is 36.5 Å². The maximum Gasteiger partial charge on any atom is 0.325 e. The molecule has 1 aliphatic rings. The number of amides is 1. The molecule has 1 aromatic heterocycles. The van der Waals surface area contributed by atoms with Gasteiger partial charge in [-0.1, -0.05) is 35.3 Å². The van der Waals surface area contributed by atoms with Gasteiger partial charge in [-0.2, -0.15) is 0 Å². The van der Waals surface area contributed by atoms with Crippen molar-refractivity contribution < 1.29 is 14.7 Å². The first-order valence-electron chi connectivity index (χ1n) is 9.05. The van der Waals surface area contributed by atoms with Gasteiger partial charge in [0.15, 0.2) is 0 Å². The highest BCUT2D eigenvalue weighted by Gasteiger charge is 2.27. The lowest BCUT2D eigenvalue weighted by Crippen LogP contribution is -2.45. The SMILES string of the molecule is C[C@H](NC(=O)C1CCN(c2cc(-c3cccc(Cl)c3Cl)ccn2)CC1)C(=O)O. The van der Waals surface area contributed by atoms with Crippen LogP contribution in [0.25, 0.3) is 11.1 Å². The normalized spacial score (nSPS) is 15.9. The van der Waals surface area contributed by atoms with Crippen molar-refractivity contribution in [3.63, 3.8) is 0 Å². The lowest BCUT2D eigenvalue weighted by Gasteiger charge is -2.32. The molecule has 1 aliphatic heterocycles.